The molecular formula is C17H15ClN4O3. The van der Waals surface area contributed by atoms with E-state index in [0.717, 1.165) is 10.2 Å². The first-order valence-corrected chi connectivity index (χ1v) is 7.90. The number of nitrogens with zero attached hydrogens (tertiary/aromatic N) is 2. The summed E-state index contributed by atoms with van der Waals surface area (Å²) >= 11 is 5.78. The molecule has 0 unspecified atom stereocenters. The molecule has 0 spiro atoms. The number of aliphatic hydroxyl groups excluding tert-OH is 1. The third-order valence-corrected chi connectivity index (χ3v) is 3.71. The first kappa shape index (κ1) is 16.9. The lowest BCUT2D eigenvalue weighted by Gasteiger charge is -2.06. The van der Waals surface area contributed by atoms with E-state index in [9.17, 15) is 9.59 Å². The van der Waals surface area contributed by atoms with Gasteiger partial charge in [-0.3, -0.25) is 14.7 Å². The third kappa shape index (κ3) is 3.96. The smallest absolute Gasteiger partial charge is 0.273 e. The minimum absolute atomic E-state index is 0.0294. The molecule has 7 nitrogen and oxygen atoms in total. The molecule has 0 bridgehead atoms. The molecule has 2 aromatic heterocycles. The highest BCUT2D eigenvalue weighted by Crippen LogP contribution is 2.13. The second-order valence-electron chi connectivity index (χ2n) is 5.31. The topological polar surface area (TPSA) is 100 Å². The molecular weight excluding hydrogens is 344 g/mol. The van der Waals surface area contributed by atoms with Crippen molar-refractivity contribution in [3.05, 3.63) is 75.3 Å². The zero-order valence-electron chi connectivity index (χ0n) is 13.1. The van der Waals surface area contributed by atoms with Crippen molar-refractivity contribution < 1.29 is 9.90 Å². The standard InChI is InChI=1S/C17H15ClN4O3/c18-12-4-5-15(19-10-12)22-16(24)9-14(21-22)17(25)20-13-3-1-2-11(8-13)6-7-23/h1-5,8-10,21,23H,6-7H2,(H,20,25). The molecule has 1 amide bonds. The molecule has 2 heterocycles. The van der Waals surface area contributed by atoms with E-state index in [1.54, 1.807) is 30.3 Å². The summed E-state index contributed by atoms with van der Waals surface area (Å²) in [6.07, 6.45) is 1.91. The lowest BCUT2D eigenvalue weighted by atomic mass is 10.1. The van der Waals surface area contributed by atoms with Gasteiger partial charge in [-0.15, -0.1) is 0 Å². The van der Waals surface area contributed by atoms with E-state index < -0.39 is 11.5 Å². The Morgan fingerprint density at radius 3 is 2.84 bits per heavy atom. The maximum atomic E-state index is 12.3. The normalized spacial score (nSPS) is 10.6. The van der Waals surface area contributed by atoms with Crippen LogP contribution in [-0.4, -0.2) is 32.4 Å². The van der Waals surface area contributed by atoms with Gasteiger partial charge in [-0.25, -0.2) is 9.67 Å². The molecule has 0 aliphatic rings. The summed E-state index contributed by atoms with van der Waals surface area (Å²) in [5.74, 6) is -0.121. The van der Waals surface area contributed by atoms with E-state index in [-0.39, 0.29) is 12.3 Å². The van der Waals surface area contributed by atoms with Gasteiger partial charge in [-0.2, -0.15) is 0 Å². The van der Waals surface area contributed by atoms with E-state index in [1.807, 2.05) is 6.07 Å². The zero-order chi connectivity index (χ0) is 17.8. The number of pyridine rings is 1. The van der Waals surface area contributed by atoms with Gasteiger partial charge in [-0.1, -0.05) is 23.7 Å². The Bertz CT molecular complexity index is 947. The Labute approximate surface area is 147 Å². The van der Waals surface area contributed by atoms with E-state index >= 15 is 0 Å². The molecule has 128 valence electrons. The number of aromatic amines is 1. The lowest BCUT2D eigenvalue weighted by molar-refractivity contribution is 0.102. The van der Waals surface area contributed by atoms with E-state index in [4.69, 9.17) is 16.7 Å². The van der Waals surface area contributed by atoms with Gasteiger partial charge in [0.05, 0.1) is 5.02 Å². The summed E-state index contributed by atoms with van der Waals surface area (Å²) in [6, 6.07) is 11.5. The fourth-order valence-corrected chi connectivity index (χ4v) is 2.43. The minimum Gasteiger partial charge on any atom is -0.396 e. The van der Waals surface area contributed by atoms with Crippen LogP contribution in [0.5, 0.6) is 0 Å². The van der Waals surface area contributed by atoms with Crippen LogP contribution in [0.15, 0.2) is 53.5 Å². The number of amides is 1. The van der Waals surface area contributed by atoms with Crippen molar-refractivity contribution in [1.29, 1.82) is 0 Å². The van der Waals surface area contributed by atoms with Crippen LogP contribution < -0.4 is 10.9 Å². The molecule has 0 fully saturated rings. The molecule has 3 rings (SSSR count). The Kier molecular flexibility index (Phi) is 4.97. The first-order valence-electron chi connectivity index (χ1n) is 7.52. The van der Waals surface area contributed by atoms with Gasteiger partial charge < -0.3 is 10.4 Å². The Morgan fingerprint density at radius 1 is 1.28 bits per heavy atom. The highest BCUT2D eigenvalue weighted by atomic mass is 35.5. The number of rotatable bonds is 5. The summed E-state index contributed by atoms with van der Waals surface area (Å²) in [7, 11) is 0. The van der Waals surface area contributed by atoms with Gasteiger partial charge in [0.1, 0.15) is 5.69 Å². The highest BCUT2D eigenvalue weighted by molar-refractivity contribution is 6.30. The lowest BCUT2D eigenvalue weighted by Crippen LogP contribution is -2.15. The van der Waals surface area contributed by atoms with Gasteiger partial charge in [0.15, 0.2) is 5.82 Å². The second kappa shape index (κ2) is 7.33. The molecule has 0 radical (unpaired) electrons. The molecule has 3 N–H and O–H groups in total. The molecule has 25 heavy (non-hydrogen) atoms. The SMILES string of the molecule is O=C(Nc1cccc(CCO)c1)c1cc(=O)n(-c2ccc(Cl)cn2)[nH]1. The van der Waals surface area contributed by atoms with Gasteiger partial charge >= 0.3 is 0 Å². The molecule has 0 atom stereocenters. The van der Waals surface area contributed by atoms with Crippen LogP contribution in [0, 0.1) is 0 Å². The highest BCUT2D eigenvalue weighted by Gasteiger charge is 2.13. The van der Waals surface area contributed by atoms with Crippen molar-refractivity contribution in [2.75, 3.05) is 11.9 Å². The van der Waals surface area contributed by atoms with Crippen molar-refractivity contribution in [1.82, 2.24) is 14.8 Å². The number of hydrogen-bond donors (Lipinski definition) is 3. The molecule has 3 aromatic rings. The predicted octanol–water partition coefficient (Wildman–Crippen LogP) is 2.00. The van der Waals surface area contributed by atoms with Gasteiger partial charge in [0.2, 0.25) is 0 Å². The summed E-state index contributed by atoms with van der Waals surface area (Å²) in [6.45, 7) is 0.0294. The Hall–Kier alpha value is -2.90. The van der Waals surface area contributed by atoms with E-state index in [0.29, 0.717) is 22.9 Å². The fraction of sp³-hybridized carbons (Fsp3) is 0.118. The van der Waals surface area contributed by atoms with Crippen molar-refractivity contribution in [3.8, 4) is 5.82 Å². The van der Waals surface area contributed by atoms with Crippen LogP contribution in [0.2, 0.25) is 5.02 Å². The Balaban J connectivity index is 1.81. The number of aliphatic hydroxyl groups is 1. The third-order valence-electron chi connectivity index (χ3n) is 3.49. The predicted molar refractivity (Wildman–Crippen MR) is 94.4 cm³/mol. The number of carbonyl (C=O) groups excluding carboxylic acids is 1. The number of H-pyrrole nitrogens is 1. The van der Waals surface area contributed by atoms with Crippen molar-refractivity contribution >= 4 is 23.2 Å². The van der Waals surface area contributed by atoms with Crippen LogP contribution in [0.3, 0.4) is 0 Å². The average Bonchev–Trinajstić information content (AvgIpc) is 2.98. The summed E-state index contributed by atoms with van der Waals surface area (Å²) in [5, 5.41) is 14.9. The number of benzene rings is 1. The van der Waals surface area contributed by atoms with Crippen molar-refractivity contribution in [2.45, 2.75) is 6.42 Å². The Morgan fingerprint density at radius 2 is 2.12 bits per heavy atom. The first-order chi connectivity index (χ1) is 12.1. The number of nitrogens with one attached hydrogen (secondary N) is 2. The number of anilines is 1. The maximum Gasteiger partial charge on any atom is 0.273 e. The van der Waals surface area contributed by atoms with Gasteiger partial charge in [0.25, 0.3) is 11.5 Å². The molecule has 8 heteroatoms. The summed E-state index contributed by atoms with van der Waals surface area (Å²) in [4.78, 5) is 28.5. The van der Waals surface area contributed by atoms with Crippen molar-refractivity contribution in [3.63, 3.8) is 0 Å². The van der Waals surface area contributed by atoms with Crippen LogP contribution >= 0.6 is 11.6 Å². The quantitative estimate of drug-likeness (QED) is 0.649. The van der Waals surface area contributed by atoms with Crippen LogP contribution in [0.1, 0.15) is 16.1 Å². The molecule has 0 saturated heterocycles. The summed E-state index contributed by atoms with van der Waals surface area (Å²) < 4.78 is 1.16. The van der Waals surface area contributed by atoms with Crippen molar-refractivity contribution in [2.24, 2.45) is 0 Å². The molecule has 1 aromatic carbocycles. The van der Waals surface area contributed by atoms with Crippen LogP contribution in [-0.2, 0) is 6.42 Å². The second-order valence-corrected chi connectivity index (χ2v) is 5.74. The largest absolute Gasteiger partial charge is 0.396 e. The van der Waals surface area contributed by atoms with E-state index in [2.05, 4.69) is 15.4 Å². The molecule has 0 aliphatic carbocycles. The monoisotopic (exact) mass is 358 g/mol. The van der Waals surface area contributed by atoms with Gasteiger partial charge in [0, 0.05) is 24.6 Å². The van der Waals surface area contributed by atoms with Gasteiger partial charge in [-0.05, 0) is 36.2 Å². The maximum absolute atomic E-state index is 12.3. The number of aromatic nitrogens is 3. The zero-order valence-corrected chi connectivity index (χ0v) is 13.8. The van der Waals surface area contributed by atoms with Crippen LogP contribution in [0.25, 0.3) is 5.82 Å². The fourth-order valence-electron chi connectivity index (χ4n) is 2.31. The summed E-state index contributed by atoms with van der Waals surface area (Å²) in [5.41, 5.74) is 1.18. The molecule has 0 aliphatic heterocycles. The average molecular weight is 359 g/mol. The minimum atomic E-state index is -0.453. The van der Waals surface area contributed by atoms with E-state index in [1.165, 1.54) is 12.3 Å². The number of halogens is 1. The number of carbonyl (C=O) groups is 1. The van der Waals surface area contributed by atoms with Crippen LogP contribution in [0.4, 0.5) is 5.69 Å². The molecule has 0 saturated carbocycles. The number of hydrogen-bond acceptors (Lipinski definition) is 4.